The van der Waals surface area contributed by atoms with Crippen molar-refractivity contribution in [1.29, 1.82) is 0 Å². The monoisotopic (exact) mass is 96.0 g/mol. The molecule has 3 heteroatoms. The predicted octanol–water partition coefficient (Wildman–Crippen LogP) is 0.600. The van der Waals surface area contributed by atoms with Crippen LogP contribution in [0, 0.1) is 0 Å². The number of nitrogens with zero attached hydrogens (tertiary/aromatic N) is 1. The summed E-state index contributed by atoms with van der Waals surface area (Å²) in [6, 6.07) is 0. The van der Waals surface area contributed by atoms with Gasteiger partial charge in [-0.15, -0.1) is 0 Å². The summed E-state index contributed by atoms with van der Waals surface area (Å²) in [7, 11) is 0. The summed E-state index contributed by atoms with van der Waals surface area (Å²) in [5, 5.41) is 6.68. The molecular formula is C4H4N2O. The van der Waals surface area contributed by atoms with Gasteiger partial charge >= 0.3 is 0 Å². The molecule has 0 fully saturated rings. The smallest absolute Gasteiger partial charge is 0.147 e. The van der Waals surface area contributed by atoms with Gasteiger partial charge in [0.2, 0.25) is 0 Å². The number of hydrogen-bond donors (Lipinski definition) is 1. The molecule has 0 saturated carbocycles. The first-order chi connectivity index (χ1) is 3.47. The molecule has 0 saturated heterocycles. The van der Waals surface area contributed by atoms with E-state index in [0.29, 0.717) is 0 Å². The summed E-state index contributed by atoms with van der Waals surface area (Å²) in [5.41, 5.74) is 2.08. The van der Waals surface area contributed by atoms with E-state index < -0.39 is 0 Å². The maximum Gasteiger partial charge on any atom is 0.147 e. The Hall–Kier alpha value is -0.990. The van der Waals surface area contributed by atoms with E-state index in [1.807, 2.05) is 0 Å². The van der Waals surface area contributed by atoms with Gasteiger partial charge in [-0.2, -0.15) is 0 Å². The minimum atomic E-state index is 0.867. The first-order valence-electron chi connectivity index (χ1n) is 2.14. The van der Waals surface area contributed by atoms with Crippen LogP contribution in [-0.4, -0.2) is 5.16 Å². The molecule has 0 aromatic carbocycles. The molecule has 0 spiro atoms. The zero-order valence-electron chi connectivity index (χ0n) is 3.64. The Morgan fingerprint density at radius 1 is 1.86 bits per heavy atom. The van der Waals surface area contributed by atoms with Crippen LogP contribution >= 0.6 is 0 Å². The summed E-state index contributed by atoms with van der Waals surface area (Å²) in [6.45, 7) is 0.867. The molecule has 7 heavy (non-hydrogen) atoms. The van der Waals surface area contributed by atoms with E-state index in [1.54, 1.807) is 6.26 Å². The van der Waals surface area contributed by atoms with Crippen molar-refractivity contribution in [2.45, 2.75) is 6.54 Å². The van der Waals surface area contributed by atoms with Crippen molar-refractivity contribution >= 4 is 5.69 Å². The first kappa shape index (κ1) is 3.07. The number of anilines is 1. The summed E-state index contributed by atoms with van der Waals surface area (Å²) >= 11 is 0. The molecule has 0 atom stereocenters. The fourth-order valence-electron chi connectivity index (χ4n) is 0.603. The van der Waals surface area contributed by atoms with Gasteiger partial charge in [0.1, 0.15) is 17.6 Å². The van der Waals surface area contributed by atoms with Crippen molar-refractivity contribution < 1.29 is 4.52 Å². The minimum absolute atomic E-state index is 0.867. The molecule has 1 aromatic heterocycles. The second-order valence-corrected chi connectivity index (χ2v) is 1.53. The third-order valence-corrected chi connectivity index (χ3v) is 1.09. The van der Waals surface area contributed by atoms with Crippen molar-refractivity contribution in [2.24, 2.45) is 0 Å². The first-order valence-corrected chi connectivity index (χ1v) is 2.14. The van der Waals surface area contributed by atoms with Crippen LogP contribution in [0.4, 0.5) is 5.69 Å². The number of aromatic nitrogens is 1. The number of fused-ring (bicyclic) bond motifs is 1. The van der Waals surface area contributed by atoms with Crippen LogP contribution in [0.1, 0.15) is 5.69 Å². The molecule has 0 bridgehead atoms. The van der Waals surface area contributed by atoms with Gasteiger partial charge in [0.15, 0.2) is 0 Å². The van der Waals surface area contributed by atoms with Crippen LogP contribution in [0.5, 0.6) is 0 Å². The maximum absolute atomic E-state index is 4.59. The van der Waals surface area contributed by atoms with Crippen molar-refractivity contribution in [1.82, 2.24) is 5.16 Å². The van der Waals surface area contributed by atoms with E-state index in [-0.39, 0.29) is 0 Å². The average molecular weight is 96.1 g/mol. The van der Waals surface area contributed by atoms with E-state index >= 15 is 0 Å². The highest BCUT2D eigenvalue weighted by Gasteiger charge is 2.14. The quantitative estimate of drug-likeness (QED) is 0.514. The van der Waals surface area contributed by atoms with Crippen LogP contribution in [0.2, 0.25) is 0 Å². The fourth-order valence-corrected chi connectivity index (χ4v) is 0.603. The van der Waals surface area contributed by atoms with Gasteiger partial charge in [0, 0.05) is 0 Å². The van der Waals surface area contributed by atoms with Crippen molar-refractivity contribution in [3.8, 4) is 0 Å². The van der Waals surface area contributed by atoms with Crippen molar-refractivity contribution in [3.05, 3.63) is 12.0 Å². The van der Waals surface area contributed by atoms with Gasteiger partial charge in [-0.25, -0.2) is 0 Å². The van der Waals surface area contributed by atoms with Crippen LogP contribution in [0.15, 0.2) is 10.8 Å². The molecule has 1 aliphatic heterocycles. The molecule has 0 radical (unpaired) electrons. The van der Waals surface area contributed by atoms with Crippen LogP contribution in [0.25, 0.3) is 0 Å². The molecule has 36 valence electrons. The van der Waals surface area contributed by atoms with E-state index in [2.05, 4.69) is 15.0 Å². The second kappa shape index (κ2) is 0.804. The minimum Gasteiger partial charge on any atom is -0.375 e. The molecule has 1 aliphatic rings. The van der Waals surface area contributed by atoms with Crippen LogP contribution in [-0.2, 0) is 6.54 Å². The lowest BCUT2D eigenvalue weighted by atomic mass is 10.2. The molecule has 2 rings (SSSR count). The summed E-state index contributed by atoms with van der Waals surface area (Å²) in [5.74, 6) is 0. The highest BCUT2D eigenvalue weighted by Crippen LogP contribution is 2.22. The van der Waals surface area contributed by atoms with Gasteiger partial charge in [-0.1, -0.05) is 5.16 Å². The van der Waals surface area contributed by atoms with E-state index in [0.717, 1.165) is 17.9 Å². The van der Waals surface area contributed by atoms with E-state index in [1.165, 1.54) is 0 Å². The topological polar surface area (TPSA) is 38.1 Å². The number of rotatable bonds is 0. The fraction of sp³-hybridized carbons (Fsp3) is 0.250. The van der Waals surface area contributed by atoms with Crippen LogP contribution in [0.3, 0.4) is 0 Å². The lowest BCUT2D eigenvalue weighted by Gasteiger charge is -2.10. The largest absolute Gasteiger partial charge is 0.375 e. The summed E-state index contributed by atoms with van der Waals surface area (Å²) < 4.78 is 4.59. The molecule has 0 unspecified atom stereocenters. The highest BCUT2D eigenvalue weighted by atomic mass is 16.5. The lowest BCUT2D eigenvalue weighted by Crippen LogP contribution is -2.11. The molecular weight excluding hydrogens is 92.1 g/mol. The highest BCUT2D eigenvalue weighted by molar-refractivity contribution is 5.53. The third kappa shape index (κ3) is 0.231. The second-order valence-electron chi connectivity index (χ2n) is 1.53. The van der Waals surface area contributed by atoms with Crippen molar-refractivity contribution in [3.63, 3.8) is 0 Å². The lowest BCUT2D eigenvalue weighted by molar-refractivity contribution is 0.414. The van der Waals surface area contributed by atoms with Gasteiger partial charge in [0.05, 0.1) is 6.54 Å². The van der Waals surface area contributed by atoms with Gasteiger partial charge in [-0.05, 0) is 0 Å². The summed E-state index contributed by atoms with van der Waals surface area (Å²) in [4.78, 5) is 0. The summed E-state index contributed by atoms with van der Waals surface area (Å²) in [6.07, 6.45) is 1.61. The Balaban J connectivity index is 2.69. The van der Waals surface area contributed by atoms with Gasteiger partial charge in [-0.3, -0.25) is 0 Å². The Labute approximate surface area is 40.3 Å². The molecule has 1 aromatic rings. The van der Waals surface area contributed by atoms with Gasteiger partial charge in [0.25, 0.3) is 0 Å². The van der Waals surface area contributed by atoms with Crippen LogP contribution < -0.4 is 5.32 Å². The normalized spacial score (nSPS) is 14.3. The molecule has 3 nitrogen and oxygen atoms in total. The molecule has 0 aliphatic carbocycles. The van der Waals surface area contributed by atoms with E-state index in [4.69, 9.17) is 0 Å². The Bertz CT molecular complexity index is 163. The van der Waals surface area contributed by atoms with E-state index in [9.17, 15) is 0 Å². The standard InChI is InChI=1S/C4H4N2O/c1-3-4(5-1)2-7-6-3/h2,5H,1H2. The molecule has 0 amide bonds. The predicted molar refractivity (Wildman–Crippen MR) is 23.8 cm³/mol. The maximum atomic E-state index is 4.59. The van der Waals surface area contributed by atoms with Crippen molar-refractivity contribution in [2.75, 3.05) is 5.32 Å². The number of hydrogen-bond acceptors (Lipinski definition) is 3. The average Bonchev–Trinajstić information content (AvgIpc) is 1.85. The Morgan fingerprint density at radius 3 is 3.14 bits per heavy atom. The molecule has 1 N–H and O–H groups in total. The van der Waals surface area contributed by atoms with Gasteiger partial charge < -0.3 is 9.84 Å². The zero-order valence-corrected chi connectivity index (χ0v) is 3.64. The Kier molecular flexibility index (Phi) is 0.353. The number of nitrogens with one attached hydrogen (secondary N) is 1. The zero-order chi connectivity index (χ0) is 4.69. The third-order valence-electron chi connectivity index (χ3n) is 1.09. The Morgan fingerprint density at radius 2 is 2.86 bits per heavy atom. The SMILES string of the molecule is c1onc2c1NC2. The molecule has 2 heterocycles.